The normalized spacial score (nSPS) is 10.6. The molecule has 0 unspecified atom stereocenters. The van der Waals surface area contributed by atoms with E-state index in [-0.39, 0.29) is 23.7 Å². The molecule has 2 aromatic heterocycles. The second kappa shape index (κ2) is 4.92. The molecule has 0 aliphatic rings. The molecule has 0 saturated heterocycles. The SMILES string of the molecule is Cc1cnc(N)n(CCc2conc2C(N)=O)c1=O. The lowest BCUT2D eigenvalue weighted by Gasteiger charge is -2.08. The summed E-state index contributed by atoms with van der Waals surface area (Å²) in [6, 6.07) is 0. The van der Waals surface area contributed by atoms with Crippen molar-refractivity contribution < 1.29 is 9.32 Å². The van der Waals surface area contributed by atoms with Crippen molar-refractivity contribution in [3.63, 3.8) is 0 Å². The smallest absolute Gasteiger partial charge is 0.271 e. The van der Waals surface area contributed by atoms with E-state index in [4.69, 9.17) is 16.0 Å². The van der Waals surface area contributed by atoms with E-state index in [1.807, 2.05) is 0 Å². The van der Waals surface area contributed by atoms with Crippen LogP contribution in [0.3, 0.4) is 0 Å². The van der Waals surface area contributed by atoms with Gasteiger partial charge in [0.2, 0.25) is 5.95 Å². The molecule has 2 heterocycles. The maximum Gasteiger partial charge on any atom is 0.271 e. The molecule has 1 amide bonds. The van der Waals surface area contributed by atoms with Crippen LogP contribution in [0.5, 0.6) is 0 Å². The third kappa shape index (κ3) is 2.46. The number of carbonyl (C=O) groups is 1. The van der Waals surface area contributed by atoms with Gasteiger partial charge in [-0.2, -0.15) is 0 Å². The number of nitrogen functional groups attached to an aromatic ring is 1. The third-order valence-corrected chi connectivity index (χ3v) is 2.73. The number of nitrogens with zero attached hydrogens (tertiary/aromatic N) is 3. The summed E-state index contributed by atoms with van der Waals surface area (Å²) < 4.78 is 6.02. The van der Waals surface area contributed by atoms with Crippen LogP contribution in [0.15, 0.2) is 21.8 Å². The van der Waals surface area contributed by atoms with E-state index < -0.39 is 5.91 Å². The fraction of sp³-hybridized carbons (Fsp3) is 0.273. The van der Waals surface area contributed by atoms with Gasteiger partial charge >= 0.3 is 0 Å². The molecule has 0 saturated carbocycles. The Hall–Kier alpha value is -2.64. The van der Waals surface area contributed by atoms with E-state index in [1.54, 1.807) is 6.92 Å². The molecule has 0 atom stereocenters. The number of hydrogen-bond acceptors (Lipinski definition) is 6. The summed E-state index contributed by atoms with van der Waals surface area (Å²) in [6.45, 7) is 1.92. The van der Waals surface area contributed by atoms with Crippen LogP contribution in [0, 0.1) is 6.92 Å². The first-order valence-corrected chi connectivity index (χ1v) is 5.55. The van der Waals surface area contributed by atoms with Gasteiger partial charge in [-0.25, -0.2) is 4.98 Å². The van der Waals surface area contributed by atoms with Crippen molar-refractivity contribution in [3.05, 3.63) is 39.6 Å². The van der Waals surface area contributed by atoms with Gasteiger partial charge in [0.25, 0.3) is 11.5 Å². The van der Waals surface area contributed by atoms with Gasteiger partial charge in [-0.05, 0) is 13.3 Å². The largest absolute Gasteiger partial charge is 0.369 e. The van der Waals surface area contributed by atoms with Crippen molar-refractivity contribution in [2.45, 2.75) is 19.9 Å². The summed E-state index contributed by atoms with van der Waals surface area (Å²) in [5.41, 5.74) is 11.7. The highest BCUT2D eigenvalue weighted by Crippen LogP contribution is 2.08. The maximum absolute atomic E-state index is 11.9. The molecule has 0 aromatic carbocycles. The fourth-order valence-electron chi connectivity index (χ4n) is 1.69. The molecule has 0 aliphatic heterocycles. The number of anilines is 1. The molecule has 4 N–H and O–H groups in total. The lowest BCUT2D eigenvalue weighted by atomic mass is 10.2. The maximum atomic E-state index is 11.9. The minimum Gasteiger partial charge on any atom is -0.369 e. The van der Waals surface area contributed by atoms with Crippen molar-refractivity contribution in [2.24, 2.45) is 5.73 Å². The van der Waals surface area contributed by atoms with E-state index in [0.717, 1.165) is 0 Å². The number of rotatable bonds is 4. The minimum absolute atomic E-state index is 0.0623. The van der Waals surface area contributed by atoms with Crippen LogP contribution in [0.2, 0.25) is 0 Å². The van der Waals surface area contributed by atoms with Gasteiger partial charge in [0.1, 0.15) is 6.26 Å². The van der Waals surface area contributed by atoms with E-state index in [1.165, 1.54) is 17.0 Å². The lowest BCUT2D eigenvalue weighted by Crippen LogP contribution is -2.27. The molecule has 19 heavy (non-hydrogen) atoms. The second-order valence-corrected chi connectivity index (χ2v) is 4.06. The van der Waals surface area contributed by atoms with Crippen molar-refractivity contribution in [1.82, 2.24) is 14.7 Å². The van der Waals surface area contributed by atoms with Crippen molar-refractivity contribution >= 4 is 11.9 Å². The average Bonchev–Trinajstić information content (AvgIpc) is 2.82. The molecular formula is C11H13N5O3. The molecule has 2 aromatic rings. The number of carbonyl (C=O) groups excluding carboxylic acids is 1. The Morgan fingerprint density at radius 3 is 2.95 bits per heavy atom. The fourth-order valence-corrected chi connectivity index (χ4v) is 1.69. The Morgan fingerprint density at radius 1 is 1.53 bits per heavy atom. The topological polar surface area (TPSA) is 130 Å². The van der Waals surface area contributed by atoms with Gasteiger partial charge in [-0.1, -0.05) is 5.16 Å². The summed E-state index contributed by atoms with van der Waals surface area (Å²) in [5, 5.41) is 3.51. The quantitative estimate of drug-likeness (QED) is 0.762. The summed E-state index contributed by atoms with van der Waals surface area (Å²) in [7, 11) is 0. The van der Waals surface area contributed by atoms with Gasteiger partial charge in [-0.15, -0.1) is 0 Å². The Kier molecular flexibility index (Phi) is 3.32. The molecule has 8 heteroatoms. The molecule has 0 fully saturated rings. The number of nitrogens with two attached hydrogens (primary N) is 2. The van der Waals surface area contributed by atoms with Crippen LogP contribution in [-0.2, 0) is 13.0 Å². The van der Waals surface area contributed by atoms with Gasteiger partial charge in [0.15, 0.2) is 5.69 Å². The number of amides is 1. The van der Waals surface area contributed by atoms with Crippen molar-refractivity contribution in [3.8, 4) is 0 Å². The highest BCUT2D eigenvalue weighted by atomic mass is 16.5. The van der Waals surface area contributed by atoms with E-state index in [9.17, 15) is 9.59 Å². The predicted octanol–water partition coefficient (Wildman–Crippen LogP) is -0.536. The Balaban J connectivity index is 2.24. The van der Waals surface area contributed by atoms with Crippen molar-refractivity contribution in [2.75, 3.05) is 5.73 Å². The monoisotopic (exact) mass is 263 g/mol. The summed E-state index contributed by atoms with van der Waals surface area (Å²) in [5.74, 6) is -0.556. The molecule has 8 nitrogen and oxygen atoms in total. The van der Waals surface area contributed by atoms with E-state index >= 15 is 0 Å². The van der Waals surface area contributed by atoms with Crippen LogP contribution >= 0.6 is 0 Å². The van der Waals surface area contributed by atoms with Crippen LogP contribution in [0.1, 0.15) is 21.6 Å². The summed E-state index contributed by atoms with van der Waals surface area (Å²) in [6.07, 6.45) is 3.09. The Labute approximate surface area is 108 Å². The first-order valence-electron chi connectivity index (χ1n) is 5.55. The summed E-state index contributed by atoms with van der Waals surface area (Å²) in [4.78, 5) is 26.9. The third-order valence-electron chi connectivity index (χ3n) is 2.73. The lowest BCUT2D eigenvalue weighted by molar-refractivity contribution is 0.0991. The van der Waals surface area contributed by atoms with Crippen LogP contribution in [-0.4, -0.2) is 20.6 Å². The van der Waals surface area contributed by atoms with Crippen LogP contribution in [0.4, 0.5) is 5.95 Å². The molecule has 0 bridgehead atoms. The summed E-state index contributed by atoms with van der Waals surface area (Å²) >= 11 is 0. The van der Waals surface area contributed by atoms with Gasteiger partial charge < -0.3 is 16.0 Å². The highest BCUT2D eigenvalue weighted by Gasteiger charge is 2.14. The number of hydrogen-bond donors (Lipinski definition) is 2. The first-order chi connectivity index (χ1) is 9.00. The molecule has 0 radical (unpaired) electrons. The zero-order chi connectivity index (χ0) is 14.0. The molecule has 0 aliphatic carbocycles. The van der Waals surface area contributed by atoms with E-state index in [2.05, 4.69) is 10.1 Å². The van der Waals surface area contributed by atoms with E-state index in [0.29, 0.717) is 17.5 Å². The molecule has 100 valence electrons. The first kappa shape index (κ1) is 12.8. The number of aryl methyl sites for hydroxylation is 2. The average molecular weight is 263 g/mol. The highest BCUT2D eigenvalue weighted by molar-refractivity contribution is 5.91. The number of primary amides is 1. The zero-order valence-corrected chi connectivity index (χ0v) is 10.3. The van der Waals surface area contributed by atoms with Crippen molar-refractivity contribution in [1.29, 1.82) is 0 Å². The molecular weight excluding hydrogens is 250 g/mol. The van der Waals surface area contributed by atoms with Gasteiger partial charge in [-0.3, -0.25) is 14.2 Å². The Morgan fingerprint density at radius 2 is 2.26 bits per heavy atom. The van der Waals surface area contributed by atoms with Gasteiger partial charge in [0, 0.05) is 23.9 Å². The van der Waals surface area contributed by atoms with Crippen LogP contribution < -0.4 is 17.0 Å². The Bertz CT molecular complexity index is 673. The minimum atomic E-state index is -0.675. The second-order valence-electron chi connectivity index (χ2n) is 4.06. The standard InChI is InChI=1S/C11H13N5O3/c1-6-4-14-11(13)16(10(6)18)3-2-7-5-19-15-8(7)9(12)17/h4-5H,2-3H2,1H3,(H2,12,17)(H2,13,14). The molecule has 0 spiro atoms. The molecule has 2 rings (SSSR count). The predicted molar refractivity (Wildman–Crippen MR) is 66.4 cm³/mol. The van der Waals surface area contributed by atoms with Gasteiger partial charge in [0.05, 0.1) is 0 Å². The number of aromatic nitrogens is 3. The van der Waals surface area contributed by atoms with Crippen LogP contribution in [0.25, 0.3) is 0 Å². The zero-order valence-electron chi connectivity index (χ0n) is 10.3.